The van der Waals surface area contributed by atoms with Gasteiger partial charge < -0.3 is 19.1 Å². The maximum atomic E-state index is 12.1. The predicted molar refractivity (Wildman–Crippen MR) is 179 cm³/mol. The average Bonchev–Trinajstić information content (AvgIpc) is 3.35. The molecule has 6 aromatic rings. The highest BCUT2D eigenvalue weighted by Gasteiger charge is 2.30. The van der Waals surface area contributed by atoms with Crippen LogP contribution < -0.4 is 9.46 Å². The lowest BCUT2D eigenvalue weighted by molar-refractivity contribution is -0.146. The Kier molecular flexibility index (Phi) is 8.26. The molecule has 7 nitrogen and oxygen atoms in total. The van der Waals surface area contributed by atoms with E-state index in [1.807, 2.05) is 54.8 Å². The minimum absolute atomic E-state index is 0.289. The molecule has 0 bridgehead atoms. The number of para-hydroxylation sites is 1. The highest BCUT2D eigenvalue weighted by molar-refractivity contribution is 7.99. The van der Waals surface area contributed by atoms with Gasteiger partial charge in [-0.3, -0.25) is 4.79 Å². The maximum Gasteiger partial charge on any atom is 0.309 e. The van der Waals surface area contributed by atoms with Crippen LogP contribution in [0.15, 0.2) is 103 Å². The molecule has 44 heavy (non-hydrogen) atoms. The SMILES string of the molecule is CSNc1ccc(-c2cccc(Cn3c(CC(C)(C)C(=O)O)nc4cc(OCc5ccc6ccccc6n5)ccc43)c2)cc1. The summed E-state index contributed by atoms with van der Waals surface area (Å²) in [6.07, 6.45) is 2.29. The van der Waals surface area contributed by atoms with E-state index in [9.17, 15) is 9.90 Å². The third-order valence-electron chi connectivity index (χ3n) is 7.73. The van der Waals surface area contributed by atoms with Gasteiger partial charge in [-0.1, -0.05) is 66.5 Å². The number of carboxylic acids is 1. The molecule has 222 valence electrons. The van der Waals surface area contributed by atoms with E-state index in [2.05, 4.69) is 63.9 Å². The first-order valence-corrected chi connectivity index (χ1v) is 15.7. The van der Waals surface area contributed by atoms with E-state index in [0.717, 1.165) is 55.8 Å². The third-order valence-corrected chi connectivity index (χ3v) is 8.17. The fourth-order valence-electron chi connectivity index (χ4n) is 5.26. The molecule has 2 aromatic heterocycles. The van der Waals surface area contributed by atoms with Crippen LogP contribution in [0.2, 0.25) is 0 Å². The summed E-state index contributed by atoms with van der Waals surface area (Å²) >= 11 is 1.57. The predicted octanol–water partition coefficient (Wildman–Crippen LogP) is 8.22. The molecule has 8 heteroatoms. The summed E-state index contributed by atoms with van der Waals surface area (Å²) in [6, 6.07) is 34.7. The van der Waals surface area contributed by atoms with E-state index < -0.39 is 11.4 Å². The van der Waals surface area contributed by atoms with Crippen LogP contribution in [0.25, 0.3) is 33.1 Å². The Balaban J connectivity index is 1.29. The van der Waals surface area contributed by atoms with E-state index >= 15 is 0 Å². The van der Waals surface area contributed by atoms with Crippen molar-refractivity contribution in [3.05, 3.63) is 120 Å². The van der Waals surface area contributed by atoms with E-state index in [4.69, 9.17) is 14.7 Å². The number of rotatable bonds is 11. The number of aliphatic carboxylic acids is 1. The van der Waals surface area contributed by atoms with Crippen LogP contribution in [0.1, 0.15) is 30.9 Å². The molecule has 0 unspecified atom stereocenters. The zero-order chi connectivity index (χ0) is 30.7. The summed E-state index contributed by atoms with van der Waals surface area (Å²) in [5, 5.41) is 11.0. The normalized spacial score (nSPS) is 11.6. The minimum Gasteiger partial charge on any atom is -0.487 e. The molecular weight excluding hydrogens is 568 g/mol. The Hall–Kier alpha value is -4.82. The van der Waals surface area contributed by atoms with E-state index in [0.29, 0.717) is 18.9 Å². The van der Waals surface area contributed by atoms with Gasteiger partial charge in [-0.25, -0.2) is 9.97 Å². The number of pyridine rings is 1. The zero-order valence-corrected chi connectivity index (χ0v) is 25.8. The molecule has 0 saturated carbocycles. The summed E-state index contributed by atoms with van der Waals surface area (Å²) in [5.41, 5.74) is 6.89. The van der Waals surface area contributed by atoms with Gasteiger partial charge >= 0.3 is 5.97 Å². The summed E-state index contributed by atoms with van der Waals surface area (Å²) in [6.45, 7) is 4.36. The molecule has 0 aliphatic rings. The van der Waals surface area contributed by atoms with Crippen LogP contribution in [0.3, 0.4) is 0 Å². The Morgan fingerprint density at radius 2 is 1.70 bits per heavy atom. The average molecular weight is 603 g/mol. The van der Waals surface area contributed by atoms with Crippen molar-refractivity contribution in [1.82, 2.24) is 14.5 Å². The molecule has 0 aliphatic heterocycles. The van der Waals surface area contributed by atoms with Crippen LogP contribution in [0.4, 0.5) is 5.69 Å². The topological polar surface area (TPSA) is 89.3 Å². The van der Waals surface area contributed by atoms with Gasteiger partial charge in [0, 0.05) is 36.4 Å². The molecule has 0 amide bonds. The van der Waals surface area contributed by atoms with Gasteiger partial charge in [0.15, 0.2) is 0 Å². The lowest BCUT2D eigenvalue weighted by Gasteiger charge is -2.19. The van der Waals surface area contributed by atoms with Gasteiger partial charge in [0.05, 0.1) is 27.7 Å². The number of carboxylic acid groups (broad SMARTS) is 1. The number of fused-ring (bicyclic) bond motifs is 2. The van der Waals surface area contributed by atoms with Crippen molar-refractivity contribution in [2.45, 2.75) is 33.4 Å². The molecule has 0 spiro atoms. The molecule has 0 atom stereocenters. The molecule has 0 fully saturated rings. The van der Waals surface area contributed by atoms with Gasteiger partial charge in [0.1, 0.15) is 18.2 Å². The number of nitrogens with one attached hydrogen (secondary N) is 1. The van der Waals surface area contributed by atoms with Gasteiger partial charge in [0.25, 0.3) is 0 Å². The molecule has 0 aliphatic carbocycles. The van der Waals surface area contributed by atoms with Gasteiger partial charge in [0.2, 0.25) is 0 Å². The minimum atomic E-state index is -0.978. The van der Waals surface area contributed by atoms with Gasteiger partial charge in [-0.05, 0) is 73.0 Å². The number of aromatic nitrogens is 3. The van der Waals surface area contributed by atoms with Crippen LogP contribution >= 0.6 is 11.9 Å². The molecule has 6 rings (SSSR count). The third kappa shape index (κ3) is 6.40. The number of hydrogen-bond acceptors (Lipinski definition) is 6. The number of imidazole rings is 1. The second-order valence-corrected chi connectivity index (χ2v) is 12.1. The van der Waals surface area contributed by atoms with Crippen molar-refractivity contribution >= 4 is 45.5 Å². The number of benzene rings is 4. The molecule has 0 saturated heterocycles. The van der Waals surface area contributed by atoms with Crippen LogP contribution in [0.5, 0.6) is 5.75 Å². The summed E-state index contributed by atoms with van der Waals surface area (Å²) in [7, 11) is 0. The van der Waals surface area contributed by atoms with Crippen LogP contribution in [0, 0.1) is 5.41 Å². The lowest BCUT2D eigenvalue weighted by atomic mass is 9.89. The maximum absolute atomic E-state index is 12.1. The second-order valence-electron chi connectivity index (χ2n) is 11.5. The quantitative estimate of drug-likeness (QED) is 0.144. The second kappa shape index (κ2) is 12.4. The largest absolute Gasteiger partial charge is 0.487 e. The molecular formula is C36H34N4O3S. The van der Waals surface area contributed by atoms with Crippen molar-refractivity contribution in [1.29, 1.82) is 0 Å². The van der Waals surface area contributed by atoms with Crippen molar-refractivity contribution in [2.24, 2.45) is 5.41 Å². The standard InChI is InChI=1S/C36H34N4O3S/c1-36(2,35(41)42)21-34-38-32-20-30(43-23-29-16-13-26-8-4-5-10-31(26)37-29)17-18-33(32)40(34)22-24-7-6-9-27(19-24)25-11-14-28(15-12-25)39-44-3/h4-20,39H,21-23H2,1-3H3,(H,41,42). The number of carbonyl (C=O) groups is 1. The first-order chi connectivity index (χ1) is 21.3. The lowest BCUT2D eigenvalue weighted by Crippen LogP contribution is -2.27. The molecule has 2 N–H and O–H groups in total. The number of hydrogen-bond donors (Lipinski definition) is 2. The summed E-state index contributed by atoms with van der Waals surface area (Å²) < 4.78 is 11.5. The Morgan fingerprint density at radius 1 is 0.886 bits per heavy atom. The highest BCUT2D eigenvalue weighted by Crippen LogP contribution is 2.30. The summed E-state index contributed by atoms with van der Waals surface area (Å²) in [5.74, 6) is 0.547. The monoisotopic (exact) mass is 602 g/mol. The Morgan fingerprint density at radius 3 is 2.50 bits per heavy atom. The fraction of sp³-hybridized carbons (Fsp3) is 0.194. The van der Waals surface area contributed by atoms with Crippen molar-refractivity contribution in [2.75, 3.05) is 11.0 Å². The van der Waals surface area contributed by atoms with Crippen LogP contribution in [-0.4, -0.2) is 31.9 Å². The molecule has 4 aromatic carbocycles. The van der Waals surface area contributed by atoms with E-state index in [1.165, 1.54) is 0 Å². The highest BCUT2D eigenvalue weighted by atomic mass is 32.2. The summed E-state index contributed by atoms with van der Waals surface area (Å²) in [4.78, 5) is 21.7. The Bertz CT molecular complexity index is 1950. The molecule has 0 radical (unpaired) electrons. The van der Waals surface area contributed by atoms with Gasteiger partial charge in [-0.15, -0.1) is 0 Å². The number of anilines is 1. The smallest absolute Gasteiger partial charge is 0.309 e. The Labute approximate surface area is 261 Å². The number of nitrogens with zero attached hydrogens (tertiary/aromatic N) is 3. The van der Waals surface area contributed by atoms with E-state index in [1.54, 1.807) is 25.8 Å². The van der Waals surface area contributed by atoms with Gasteiger partial charge in [-0.2, -0.15) is 0 Å². The van der Waals surface area contributed by atoms with E-state index in [-0.39, 0.29) is 6.42 Å². The zero-order valence-electron chi connectivity index (χ0n) is 24.9. The molecule has 2 heterocycles. The van der Waals surface area contributed by atoms with Crippen LogP contribution in [-0.2, 0) is 24.4 Å². The van der Waals surface area contributed by atoms with Crippen molar-refractivity contribution in [3.63, 3.8) is 0 Å². The number of ether oxygens (including phenoxy) is 1. The fourth-order valence-corrected chi connectivity index (χ4v) is 5.63. The first kappa shape index (κ1) is 29.3. The van der Waals surface area contributed by atoms with Crippen molar-refractivity contribution in [3.8, 4) is 16.9 Å². The first-order valence-electron chi connectivity index (χ1n) is 14.5. The van der Waals surface area contributed by atoms with Crippen molar-refractivity contribution < 1.29 is 14.6 Å².